The van der Waals surface area contributed by atoms with Gasteiger partial charge in [0.05, 0.1) is 13.7 Å². The number of benzene rings is 2. The second kappa shape index (κ2) is 8.32. The van der Waals surface area contributed by atoms with Crippen molar-refractivity contribution < 1.29 is 14.2 Å². The Morgan fingerprint density at radius 2 is 2.00 bits per heavy atom. The van der Waals surface area contributed by atoms with Gasteiger partial charge in [-0.2, -0.15) is 0 Å². The maximum Gasteiger partial charge on any atom is 0.158 e. The molecule has 0 aliphatic carbocycles. The molecule has 3 nitrogen and oxygen atoms in total. The lowest BCUT2D eigenvalue weighted by Crippen LogP contribution is -2.22. The smallest absolute Gasteiger partial charge is 0.158 e. The first-order valence-corrected chi connectivity index (χ1v) is 8.69. The molecule has 1 unspecified atom stereocenters. The molecule has 3 heteroatoms. The molecular weight excluding hydrogens is 300 g/mol. The van der Waals surface area contributed by atoms with Crippen LogP contribution in [-0.4, -0.2) is 20.0 Å². The maximum absolute atomic E-state index is 5.87. The highest BCUT2D eigenvalue weighted by Crippen LogP contribution is 2.21. The van der Waals surface area contributed by atoms with Gasteiger partial charge in [0.15, 0.2) is 6.29 Å². The first kappa shape index (κ1) is 17.0. The Hall–Kier alpha value is -1.84. The predicted octanol–water partition coefficient (Wildman–Crippen LogP) is 4.64. The van der Waals surface area contributed by atoms with Crippen molar-refractivity contribution in [3.8, 4) is 5.75 Å². The number of rotatable bonds is 6. The summed E-state index contributed by atoms with van der Waals surface area (Å²) >= 11 is 0. The third-order valence-corrected chi connectivity index (χ3v) is 4.51. The minimum absolute atomic E-state index is 0.0319. The number of ether oxygens (including phenoxy) is 3. The zero-order valence-electron chi connectivity index (χ0n) is 14.6. The third kappa shape index (κ3) is 4.59. The number of methoxy groups -OCH3 is 1. The summed E-state index contributed by atoms with van der Waals surface area (Å²) in [4.78, 5) is 0. The van der Waals surface area contributed by atoms with E-state index in [0.29, 0.717) is 6.61 Å². The lowest BCUT2D eigenvalue weighted by molar-refractivity contribution is -0.168. The van der Waals surface area contributed by atoms with Crippen molar-refractivity contribution in [1.29, 1.82) is 0 Å². The predicted molar refractivity (Wildman–Crippen MR) is 95.4 cm³/mol. The number of hydrogen-bond acceptors (Lipinski definition) is 3. The Kier molecular flexibility index (Phi) is 5.89. The van der Waals surface area contributed by atoms with E-state index >= 15 is 0 Å². The molecule has 2 aromatic rings. The summed E-state index contributed by atoms with van der Waals surface area (Å²) in [6.45, 7) is 3.60. The minimum Gasteiger partial charge on any atom is -0.497 e. The van der Waals surface area contributed by atoms with Crippen LogP contribution < -0.4 is 4.74 Å². The summed E-state index contributed by atoms with van der Waals surface area (Å²) in [5.74, 6) is 0.905. The molecular formula is C21H26O3. The van der Waals surface area contributed by atoms with Crippen LogP contribution in [0.2, 0.25) is 0 Å². The van der Waals surface area contributed by atoms with Gasteiger partial charge in [-0.15, -0.1) is 0 Å². The van der Waals surface area contributed by atoms with E-state index in [4.69, 9.17) is 14.2 Å². The molecule has 0 bridgehead atoms. The Balaban J connectivity index is 1.61. The largest absolute Gasteiger partial charge is 0.497 e. The van der Waals surface area contributed by atoms with Gasteiger partial charge in [-0.25, -0.2) is 0 Å². The molecule has 2 aromatic carbocycles. The average Bonchev–Trinajstić information content (AvgIpc) is 2.63. The maximum atomic E-state index is 5.87. The highest BCUT2D eigenvalue weighted by Gasteiger charge is 2.14. The van der Waals surface area contributed by atoms with Crippen molar-refractivity contribution in [1.82, 2.24) is 0 Å². The van der Waals surface area contributed by atoms with Gasteiger partial charge in [0.25, 0.3) is 0 Å². The normalized spacial score (nSPS) is 17.7. The monoisotopic (exact) mass is 326 g/mol. The summed E-state index contributed by atoms with van der Waals surface area (Å²) in [6.07, 6.45) is 4.24. The SMILES string of the molecule is COc1cccc(Cc2ccc(COC3CCCCO3)cc2C)c1. The van der Waals surface area contributed by atoms with E-state index in [-0.39, 0.29) is 6.29 Å². The molecule has 0 amide bonds. The summed E-state index contributed by atoms with van der Waals surface area (Å²) in [6, 6.07) is 14.8. The van der Waals surface area contributed by atoms with E-state index in [9.17, 15) is 0 Å². The van der Waals surface area contributed by atoms with Gasteiger partial charge in [-0.3, -0.25) is 0 Å². The van der Waals surface area contributed by atoms with Crippen LogP contribution in [0.3, 0.4) is 0 Å². The number of aryl methyl sites for hydroxylation is 1. The molecule has 0 aromatic heterocycles. The Morgan fingerprint density at radius 3 is 2.75 bits per heavy atom. The standard InChI is InChI=1S/C21H26O3/c1-16-12-18(15-24-21-8-3-4-11-23-21)9-10-19(16)13-17-6-5-7-20(14-17)22-2/h5-7,9-10,12,14,21H,3-4,8,11,13,15H2,1-2H3. The van der Waals surface area contributed by atoms with E-state index in [0.717, 1.165) is 31.6 Å². The van der Waals surface area contributed by atoms with Crippen molar-refractivity contribution in [2.24, 2.45) is 0 Å². The number of hydrogen-bond donors (Lipinski definition) is 0. The van der Waals surface area contributed by atoms with Gasteiger partial charge in [0.1, 0.15) is 5.75 Å². The Labute approximate surface area is 144 Å². The van der Waals surface area contributed by atoms with Crippen molar-refractivity contribution in [3.63, 3.8) is 0 Å². The summed E-state index contributed by atoms with van der Waals surface area (Å²) in [5, 5.41) is 0. The van der Waals surface area contributed by atoms with Crippen LogP contribution in [0, 0.1) is 6.92 Å². The molecule has 1 saturated heterocycles. The van der Waals surface area contributed by atoms with Gasteiger partial charge < -0.3 is 14.2 Å². The lowest BCUT2D eigenvalue weighted by atomic mass is 9.98. The Morgan fingerprint density at radius 1 is 1.08 bits per heavy atom. The van der Waals surface area contributed by atoms with E-state index in [1.807, 2.05) is 12.1 Å². The van der Waals surface area contributed by atoms with E-state index in [1.54, 1.807) is 7.11 Å². The van der Waals surface area contributed by atoms with Gasteiger partial charge in [0.2, 0.25) is 0 Å². The molecule has 0 N–H and O–H groups in total. The van der Waals surface area contributed by atoms with Crippen LogP contribution in [-0.2, 0) is 22.5 Å². The molecule has 3 rings (SSSR count). The van der Waals surface area contributed by atoms with Gasteiger partial charge in [0, 0.05) is 6.61 Å². The zero-order chi connectivity index (χ0) is 16.8. The van der Waals surface area contributed by atoms with Crippen LogP contribution in [0.1, 0.15) is 41.5 Å². The molecule has 1 aliphatic heterocycles. The van der Waals surface area contributed by atoms with Crippen LogP contribution in [0.4, 0.5) is 0 Å². The fourth-order valence-corrected chi connectivity index (χ4v) is 3.08. The van der Waals surface area contributed by atoms with Gasteiger partial charge >= 0.3 is 0 Å². The topological polar surface area (TPSA) is 27.7 Å². The summed E-state index contributed by atoms with van der Waals surface area (Å²) in [5.41, 5.74) is 5.09. The quantitative estimate of drug-likeness (QED) is 0.774. The lowest BCUT2D eigenvalue weighted by Gasteiger charge is -2.22. The van der Waals surface area contributed by atoms with E-state index in [2.05, 4.69) is 37.3 Å². The second-order valence-electron chi connectivity index (χ2n) is 6.40. The van der Waals surface area contributed by atoms with Crippen LogP contribution >= 0.6 is 0 Å². The molecule has 1 fully saturated rings. The van der Waals surface area contributed by atoms with Crippen molar-refractivity contribution >= 4 is 0 Å². The highest BCUT2D eigenvalue weighted by molar-refractivity contribution is 5.37. The molecule has 1 heterocycles. The zero-order valence-corrected chi connectivity index (χ0v) is 14.6. The van der Waals surface area contributed by atoms with E-state index < -0.39 is 0 Å². The average molecular weight is 326 g/mol. The fraction of sp³-hybridized carbons (Fsp3) is 0.429. The van der Waals surface area contributed by atoms with Crippen molar-refractivity contribution in [3.05, 3.63) is 64.7 Å². The van der Waals surface area contributed by atoms with Crippen LogP contribution in [0.15, 0.2) is 42.5 Å². The van der Waals surface area contributed by atoms with E-state index in [1.165, 1.54) is 28.7 Å². The molecule has 24 heavy (non-hydrogen) atoms. The van der Waals surface area contributed by atoms with Crippen molar-refractivity contribution in [2.75, 3.05) is 13.7 Å². The van der Waals surface area contributed by atoms with Crippen LogP contribution in [0.25, 0.3) is 0 Å². The molecule has 1 atom stereocenters. The molecule has 0 saturated carbocycles. The third-order valence-electron chi connectivity index (χ3n) is 4.51. The van der Waals surface area contributed by atoms with Crippen molar-refractivity contribution in [2.45, 2.75) is 45.5 Å². The van der Waals surface area contributed by atoms with Gasteiger partial charge in [-0.05, 0) is 67.0 Å². The molecule has 128 valence electrons. The second-order valence-corrected chi connectivity index (χ2v) is 6.40. The highest BCUT2D eigenvalue weighted by atomic mass is 16.7. The first-order valence-electron chi connectivity index (χ1n) is 8.69. The first-order chi connectivity index (χ1) is 11.7. The Bertz CT molecular complexity index is 660. The fourth-order valence-electron chi connectivity index (χ4n) is 3.08. The molecule has 0 spiro atoms. The molecule has 1 aliphatic rings. The van der Waals surface area contributed by atoms with Crippen LogP contribution in [0.5, 0.6) is 5.75 Å². The molecule has 0 radical (unpaired) electrons. The minimum atomic E-state index is -0.0319. The van der Waals surface area contributed by atoms with Gasteiger partial charge in [-0.1, -0.05) is 30.3 Å². The summed E-state index contributed by atoms with van der Waals surface area (Å²) in [7, 11) is 1.70. The summed E-state index contributed by atoms with van der Waals surface area (Å²) < 4.78 is 16.8.